The molecule has 0 aromatic heterocycles. The van der Waals surface area contributed by atoms with E-state index in [0.717, 1.165) is 12.2 Å². The predicted molar refractivity (Wildman–Crippen MR) is 76.5 cm³/mol. The van der Waals surface area contributed by atoms with Gasteiger partial charge < -0.3 is 5.32 Å². The Balaban J connectivity index is 2.01. The van der Waals surface area contributed by atoms with Crippen LogP contribution in [-0.4, -0.2) is 23.0 Å². The van der Waals surface area contributed by atoms with E-state index in [2.05, 4.69) is 28.2 Å². The van der Waals surface area contributed by atoms with Crippen LogP contribution in [0.3, 0.4) is 0 Å². The SMILES string of the molecule is CC1(CNC(=O)c2cc(F)ccc2Br)CCCS1. The lowest BCUT2D eigenvalue weighted by atomic mass is 10.1. The van der Waals surface area contributed by atoms with Crippen LogP contribution in [0.1, 0.15) is 30.1 Å². The quantitative estimate of drug-likeness (QED) is 0.916. The number of nitrogens with one attached hydrogen (secondary N) is 1. The van der Waals surface area contributed by atoms with Crippen LogP contribution in [-0.2, 0) is 0 Å². The van der Waals surface area contributed by atoms with E-state index in [1.54, 1.807) is 6.07 Å². The third kappa shape index (κ3) is 3.26. The Morgan fingerprint density at radius 1 is 1.61 bits per heavy atom. The first-order valence-corrected chi connectivity index (χ1v) is 7.65. The topological polar surface area (TPSA) is 29.1 Å². The van der Waals surface area contributed by atoms with E-state index < -0.39 is 5.82 Å². The van der Waals surface area contributed by atoms with Crippen LogP contribution in [0.4, 0.5) is 4.39 Å². The fourth-order valence-electron chi connectivity index (χ4n) is 2.01. The zero-order chi connectivity index (χ0) is 13.2. The van der Waals surface area contributed by atoms with E-state index in [1.807, 2.05) is 11.8 Å². The molecule has 1 aromatic carbocycles. The molecule has 1 saturated heterocycles. The Hall–Kier alpha value is -0.550. The van der Waals surface area contributed by atoms with Crippen LogP contribution in [0.2, 0.25) is 0 Å². The molecular weight excluding hydrogens is 317 g/mol. The average Bonchev–Trinajstić information content (AvgIpc) is 2.77. The molecule has 98 valence electrons. The van der Waals surface area contributed by atoms with Gasteiger partial charge in [-0.1, -0.05) is 0 Å². The largest absolute Gasteiger partial charge is 0.351 e. The van der Waals surface area contributed by atoms with Crippen molar-refractivity contribution in [3.63, 3.8) is 0 Å². The maximum atomic E-state index is 13.1. The van der Waals surface area contributed by atoms with Gasteiger partial charge in [0.2, 0.25) is 0 Å². The van der Waals surface area contributed by atoms with E-state index in [9.17, 15) is 9.18 Å². The van der Waals surface area contributed by atoms with Gasteiger partial charge in [0.25, 0.3) is 5.91 Å². The van der Waals surface area contributed by atoms with Gasteiger partial charge in [-0.25, -0.2) is 4.39 Å². The monoisotopic (exact) mass is 331 g/mol. The lowest BCUT2D eigenvalue weighted by Crippen LogP contribution is -2.36. The minimum absolute atomic E-state index is 0.120. The van der Waals surface area contributed by atoms with Gasteiger partial charge in [0.05, 0.1) is 5.56 Å². The number of hydrogen-bond donors (Lipinski definition) is 1. The molecule has 0 spiro atoms. The second kappa shape index (κ2) is 5.61. The van der Waals surface area contributed by atoms with Crippen molar-refractivity contribution < 1.29 is 9.18 Å². The molecule has 0 radical (unpaired) electrons. The summed E-state index contributed by atoms with van der Waals surface area (Å²) in [5.74, 6) is 0.524. The summed E-state index contributed by atoms with van der Waals surface area (Å²) in [6.45, 7) is 2.78. The number of carbonyl (C=O) groups excluding carboxylic acids is 1. The van der Waals surface area contributed by atoms with Gasteiger partial charge in [-0.3, -0.25) is 4.79 Å². The summed E-state index contributed by atoms with van der Waals surface area (Å²) >= 11 is 5.15. The highest BCUT2D eigenvalue weighted by molar-refractivity contribution is 9.10. The predicted octanol–water partition coefficient (Wildman–Crippen LogP) is 3.60. The molecule has 0 bridgehead atoms. The minimum Gasteiger partial charge on any atom is -0.351 e. The molecule has 1 heterocycles. The number of benzene rings is 1. The first-order chi connectivity index (χ1) is 8.50. The van der Waals surface area contributed by atoms with Crippen molar-refractivity contribution in [3.05, 3.63) is 34.1 Å². The third-order valence-electron chi connectivity index (χ3n) is 3.10. The summed E-state index contributed by atoms with van der Waals surface area (Å²) < 4.78 is 13.9. The molecule has 5 heteroatoms. The Morgan fingerprint density at radius 2 is 2.39 bits per heavy atom. The Bertz CT molecular complexity index is 460. The van der Waals surface area contributed by atoms with Crippen molar-refractivity contribution in [1.29, 1.82) is 0 Å². The number of thioether (sulfide) groups is 1. The molecule has 1 aliphatic heterocycles. The molecule has 2 nitrogen and oxygen atoms in total. The molecule has 2 rings (SSSR count). The van der Waals surface area contributed by atoms with E-state index in [0.29, 0.717) is 16.6 Å². The second-order valence-electron chi connectivity index (χ2n) is 4.71. The van der Waals surface area contributed by atoms with Crippen LogP contribution in [0.15, 0.2) is 22.7 Å². The van der Waals surface area contributed by atoms with Crippen LogP contribution in [0.25, 0.3) is 0 Å². The van der Waals surface area contributed by atoms with Gasteiger partial charge in [-0.05, 0) is 59.6 Å². The van der Waals surface area contributed by atoms with Crippen molar-refractivity contribution in [3.8, 4) is 0 Å². The van der Waals surface area contributed by atoms with Gasteiger partial charge in [-0.15, -0.1) is 0 Å². The molecule has 1 N–H and O–H groups in total. The van der Waals surface area contributed by atoms with E-state index in [4.69, 9.17) is 0 Å². The molecule has 1 amide bonds. The van der Waals surface area contributed by atoms with Gasteiger partial charge >= 0.3 is 0 Å². The van der Waals surface area contributed by atoms with Gasteiger partial charge in [-0.2, -0.15) is 11.8 Å². The average molecular weight is 332 g/mol. The standard InChI is InChI=1S/C13H15BrFNOS/c1-13(5-2-6-18-13)8-16-12(17)10-7-9(15)3-4-11(10)14/h3-4,7H,2,5-6,8H2,1H3,(H,16,17). The van der Waals surface area contributed by atoms with Crippen LogP contribution in [0.5, 0.6) is 0 Å². The first kappa shape index (κ1) is 13.9. The molecule has 1 atom stereocenters. The summed E-state index contributed by atoms with van der Waals surface area (Å²) in [5.41, 5.74) is 0.349. The van der Waals surface area contributed by atoms with Gasteiger partial charge in [0.1, 0.15) is 5.82 Å². The summed E-state index contributed by atoms with van der Waals surface area (Å²) in [4.78, 5) is 12.0. The maximum absolute atomic E-state index is 13.1. The molecule has 1 fully saturated rings. The summed E-state index contributed by atoms with van der Waals surface area (Å²) in [5, 5.41) is 2.89. The highest BCUT2D eigenvalue weighted by Crippen LogP contribution is 2.37. The van der Waals surface area contributed by atoms with Crippen molar-refractivity contribution in [1.82, 2.24) is 5.32 Å². The maximum Gasteiger partial charge on any atom is 0.252 e. The lowest BCUT2D eigenvalue weighted by molar-refractivity contribution is 0.0948. The van der Waals surface area contributed by atoms with Crippen molar-refractivity contribution in [2.75, 3.05) is 12.3 Å². The summed E-state index contributed by atoms with van der Waals surface area (Å²) in [7, 11) is 0. The normalized spacial score (nSPS) is 23.1. The third-order valence-corrected chi connectivity index (χ3v) is 5.33. The second-order valence-corrected chi connectivity index (χ2v) is 7.25. The van der Waals surface area contributed by atoms with Crippen LogP contribution in [0, 0.1) is 5.82 Å². The molecule has 1 aliphatic rings. The summed E-state index contributed by atoms with van der Waals surface area (Å²) in [6, 6.07) is 4.13. The number of rotatable bonds is 3. The number of hydrogen-bond acceptors (Lipinski definition) is 2. The highest BCUT2D eigenvalue weighted by Gasteiger charge is 2.30. The Labute approximate surface area is 119 Å². The van der Waals surface area contributed by atoms with E-state index in [-0.39, 0.29) is 10.7 Å². The Kier molecular flexibility index (Phi) is 4.33. The summed E-state index contributed by atoms with van der Waals surface area (Å²) in [6.07, 6.45) is 2.31. The zero-order valence-corrected chi connectivity index (χ0v) is 12.5. The van der Waals surface area contributed by atoms with Crippen LogP contribution < -0.4 is 5.32 Å². The molecule has 1 aromatic rings. The molecule has 18 heavy (non-hydrogen) atoms. The Morgan fingerprint density at radius 3 is 3.06 bits per heavy atom. The van der Waals surface area contributed by atoms with E-state index in [1.165, 1.54) is 18.6 Å². The van der Waals surface area contributed by atoms with Crippen molar-refractivity contribution in [2.45, 2.75) is 24.5 Å². The van der Waals surface area contributed by atoms with Crippen LogP contribution >= 0.6 is 27.7 Å². The number of amides is 1. The lowest BCUT2D eigenvalue weighted by Gasteiger charge is -2.23. The van der Waals surface area contributed by atoms with E-state index >= 15 is 0 Å². The zero-order valence-electron chi connectivity index (χ0n) is 10.1. The first-order valence-electron chi connectivity index (χ1n) is 5.87. The fourth-order valence-corrected chi connectivity index (χ4v) is 3.68. The molecule has 0 saturated carbocycles. The molecular formula is C13H15BrFNOS. The molecule has 1 unspecified atom stereocenters. The fraction of sp³-hybridized carbons (Fsp3) is 0.462. The van der Waals surface area contributed by atoms with Gasteiger partial charge in [0, 0.05) is 15.8 Å². The number of halogens is 2. The number of carbonyl (C=O) groups is 1. The molecule has 0 aliphatic carbocycles. The van der Waals surface area contributed by atoms with Gasteiger partial charge in [0.15, 0.2) is 0 Å². The van der Waals surface area contributed by atoms with Crippen molar-refractivity contribution >= 4 is 33.6 Å². The minimum atomic E-state index is -0.398. The highest BCUT2D eigenvalue weighted by atomic mass is 79.9. The smallest absolute Gasteiger partial charge is 0.252 e. The van der Waals surface area contributed by atoms with Crippen molar-refractivity contribution in [2.24, 2.45) is 0 Å².